The van der Waals surface area contributed by atoms with Gasteiger partial charge in [-0.05, 0) is 37.3 Å². The molecular weight excluding hydrogens is 384 g/mol. The molecule has 0 fully saturated rings. The Morgan fingerprint density at radius 3 is 2.30 bits per heavy atom. The van der Waals surface area contributed by atoms with Crippen LogP contribution in [0, 0.1) is 0 Å². The molecule has 0 radical (unpaired) electrons. The molecule has 0 bridgehead atoms. The van der Waals surface area contributed by atoms with Crippen LogP contribution in [0.2, 0.25) is 0 Å². The van der Waals surface area contributed by atoms with E-state index >= 15 is 0 Å². The molecule has 1 atom stereocenters. The van der Waals surface area contributed by atoms with Crippen molar-refractivity contribution in [2.75, 3.05) is 0 Å². The van der Waals surface area contributed by atoms with Crippen molar-refractivity contribution in [1.82, 2.24) is 9.88 Å². The third kappa shape index (κ3) is 3.65. The number of fused-ring (bicyclic) bond motifs is 1. The first-order valence-electron chi connectivity index (χ1n) is 9.35. The van der Waals surface area contributed by atoms with Crippen molar-refractivity contribution in [3.05, 3.63) is 89.7 Å². The minimum absolute atomic E-state index is 0.0667. The zero-order valence-corrected chi connectivity index (χ0v) is 16.1. The molecule has 3 aromatic rings. The van der Waals surface area contributed by atoms with Gasteiger partial charge in [-0.15, -0.1) is 0 Å². The maximum absolute atomic E-state index is 12.6. The van der Waals surface area contributed by atoms with E-state index in [9.17, 15) is 14.4 Å². The lowest BCUT2D eigenvalue weighted by atomic mass is 10.1. The molecule has 4 rings (SSSR count). The molecule has 150 valence electrons. The van der Waals surface area contributed by atoms with Gasteiger partial charge in [0.1, 0.15) is 24.1 Å². The fraction of sp³-hybridized carbons (Fsp3) is 0.130. The molecule has 1 aromatic heterocycles. The quantitative estimate of drug-likeness (QED) is 0.463. The molecule has 2 amide bonds. The molecule has 0 aliphatic carbocycles. The average Bonchev–Trinajstić information content (AvgIpc) is 3.03. The van der Waals surface area contributed by atoms with E-state index < -0.39 is 23.8 Å². The number of imide groups is 1. The molecule has 2 aromatic carbocycles. The number of aromatic nitrogens is 1. The number of hydrogen-bond acceptors (Lipinski definition) is 6. The van der Waals surface area contributed by atoms with E-state index in [1.54, 1.807) is 73.1 Å². The van der Waals surface area contributed by atoms with Crippen LogP contribution in [0.4, 0.5) is 0 Å². The van der Waals surface area contributed by atoms with Crippen molar-refractivity contribution in [1.29, 1.82) is 0 Å². The Kier molecular flexibility index (Phi) is 5.26. The third-order valence-corrected chi connectivity index (χ3v) is 4.76. The number of amides is 2. The Hall–Kier alpha value is -4.00. The number of rotatable bonds is 6. The fourth-order valence-corrected chi connectivity index (χ4v) is 3.19. The number of nitrogens with zero attached hydrogens (tertiary/aromatic N) is 2. The first-order valence-corrected chi connectivity index (χ1v) is 9.35. The molecule has 0 saturated heterocycles. The van der Waals surface area contributed by atoms with Gasteiger partial charge in [0, 0.05) is 11.8 Å². The number of hydrogen-bond donors (Lipinski definition) is 0. The van der Waals surface area contributed by atoms with E-state index in [2.05, 4.69) is 4.98 Å². The van der Waals surface area contributed by atoms with Crippen molar-refractivity contribution in [3.8, 4) is 11.5 Å². The summed E-state index contributed by atoms with van der Waals surface area (Å²) in [7, 11) is 0. The van der Waals surface area contributed by atoms with Gasteiger partial charge < -0.3 is 9.47 Å². The summed E-state index contributed by atoms with van der Waals surface area (Å²) < 4.78 is 11.2. The van der Waals surface area contributed by atoms with Gasteiger partial charge in [0.15, 0.2) is 0 Å². The molecule has 2 heterocycles. The average molecular weight is 402 g/mol. The summed E-state index contributed by atoms with van der Waals surface area (Å²) in [5.74, 6) is -0.608. The number of esters is 1. The van der Waals surface area contributed by atoms with Crippen LogP contribution in [0.5, 0.6) is 11.5 Å². The molecular formula is C23H18N2O5. The van der Waals surface area contributed by atoms with Crippen LogP contribution in [0.15, 0.2) is 73.1 Å². The van der Waals surface area contributed by atoms with Crippen molar-refractivity contribution in [2.24, 2.45) is 0 Å². The minimum atomic E-state index is -1.05. The Bertz CT molecular complexity index is 1080. The van der Waals surface area contributed by atoms with Crippen LogP contribution in [-0.2, 0) is 16.1 Å². The second-order valence-corrected chi connectivity index (χ2v) is 6.71. The number of ether oxygens (including phenoxy) is 2. The number of para-hydroxylation sites is 1. The lowest BCUT2D eigenvalue weighted by Crippen LogP contribution is -2.43. The van der Waals surface area contributed by atoms with Gasteiger partial charge in [-0.25, -0.2) is 4.79 Å². The first kappa shape index (κ1) is 19.3. The molecule has 7 heteroatoms. The highest BCUT2D eigenvalue weighted by atomic mass is 16.5. The van der Waals surface area contributed by atoms with Crippen LogP contribution < -0.4 is 4.74 Å². The molecule has 1 aliphatic rings. The van der Waals surface area contributed by atoms with E-state index in [0.717, 1.165) is 4.90 Å². The molecule has 0 saturated carbocycles. The molecule has 1 aliphatic heterocycles. The summed E-state index contributed by atoms with van der Waals surface area (Å²) in [5, 5.41) is 0. The third-order valence-electron chi connectivity index (χ3n) is 4.76. The molecule has 1 unspecified atom stereocenters. The van der Waals surface area contributed by atoms with Gasteiger partial charge in [-0.3, -0.25) is 19.5 Å². The molecule has 30 heavy (non-hydrogen) atoms. The molecule has 0 spiro atoms. The second-order valence-electron chi connectivity index (χ2n) is 6.71. The van der Waals surface area contributed by atoms with Gasteiger partial charge in [0.25, 0.3) is 11.8 Å². The first-order chi connectivity index (χ1) is 14.6. The molecule has 0 N–H and O–H groups in total. The van der Waals surface area contributed by atoms with Crippen molar-refractivity contribution >= 4 is 17.8 Å². The zero-order chi connectivity index (χ0) is 21.1. The Morgan fingerprint density at radius 1 is 0.967 bits per heavy atom. The van der Waals surface area contributed by atoms with E-state index in [4.69, 9.17) is 9.47 Å². The van der Waals surface area contributed by atoms with Crippen LogP contribution in [0.25, 0.3) is 0 Å². The SMILES string of the molecule is CC(C(=O)OCc1ccccc1Oc1cccnc1)N1C(=O)c2ccccc2C1=O. The number of carbonyl (C=O) groups excluding carboxylic acids is 3. The van der Waals surface area contributed by atoms with E-state index in [1.807, 2.05) is 0 Å². The Morgan fingerprint density at radius 2 is 1.63 bits per heavy atom. The maximum atomic E-state index is 12.6. The standard InChI is InChI=1S/C23H18N2O5/c1-15(25-21(26)18-9-3-4-10-19(18)22(25)27)23(28)29-14-16-7-2-5-11-20(16)30-17-8-6-12-24-13-17/h2-13,15H,14H2,1H3. The van der Waals surface area contributed by atoms with E-state index in [-0.39, 0.29) is 17.7 Å². The van der Waals surface area contributed by atoms with Crippen molar-refractivity contribution in [3.63, 3.8) is 0 Å². The smallest absolute Gasteiger partial charge is 0.329 e. The number of benzene rings is 2. The van der Waals surface area contributed by atoms with Gasteiger partial charge in [0.2, 0.25) is 0 Å². The van der Waals surface area contributed by atoms with Gasteiger partial charge in [0.05, 0.1) is 17.3 Å². The van der Waals surface area contributed by atoms with Crippen LogP contribution in [0.3, 0.4) is 0 Å². The summed E-state index contributed by atoms with van der Waals surface area (Å²) in [6.07, 6.45) is 3.22. The highest BCUT2D eigenvalue weighted by molar-refractivity contribution is 6.22. The number of pyridine rings is 1. The summed E-state index contributed by atoms with van der Waals surface area (Å²) in [6.45, 7) is 1.41. The van der Waals surface area contributed by atoms with Crippen LogP contribution in [0.1, 0.15) is 33.2 Å². The maximum Gasteiger partial charge on any atom is 0.329 e. The van der Waals surface area contributed by atoms with Gasteiger partial charge in [-0.1, -0.05) is 30.3 Å². The second kappa shape index (κ2) is 8.16. The lowest BCUT2D eigenvalue weighted by molar-refractivity contribution is -0.149. The minimum Gasteiger partial charge on any atom is -0.459 e. The topological polar surface area (TPSA) is 85.8 Å². The normalized spacial score (nSPS) is 13.7. The predicted molar refractivity (Wildman–Crippen MR) is 107 cm³/mol. The highest BCUT2D eigenvalue weighted by Gasteiger charge is 2.41. The molecule has 7 nitrogen and oxygen atoms in total. The summed E-state index contributed by atoms with van der Waals surface area (Å²) in [4.78, 5) is 42.6. The van der Waals surface area contributed by atoms with E-state index in [1.165, 1.54) is 6.92 Å². The lowest BCUT2D eigenvalue weighted by Gasteiger charge is -2.21. The van der Waals surface area contributed by atoms with Crippen molar-refractivity contribution in [2.45, 2.75) is 19.6 Å². The van der Waals surface area contributed by atoms with Gasteiger partial charge >= 0.3 is 5.97 Å². The fourth-order valence-electron chi connectivity index (χ4n) is 3.19. The monoisotopic (exact) mass is 402 g/mol. The van der Waals surface area contributed by atoms with Crippen LogP contribution >= 0.6 is 0 Å². The van der Waals surface area contributed by atoms with Crippen molar-refractivity contribution < 1.29 is 23.9 Å². The highest BCUT2D eigenvalue weighted by Crippen LogP contribution is 2.27. The summed E-state index contributed by atoms with van der Waals surface area (Å²) in [5.41, 5.74) is 1.22. The summed E-state index contributed by atoms with van der Waals surface area (Å²) >= 11 is 0. The Labute approximate surface area is 172 Å². The predicted octanol–water partition coefficient (Wildman–Crippen LogP) is 3.60. The Balaban J connectivity index is 1.45. The summed E-state index contributed by atoms with van der Waals surface area (Å²) in [6, 6.07) is 16.1. The van der Waals surface area contributed by atoms with E-state index in [0.29, 0.717) is 17.1 Å². The number of carbonyl (C=O) groups is 3. The van der Waals surface area contributed by atoms with Crippen LogP contribution in [-0.4, -0.2) is 33.7 Å². The zero-order valence-electron chi connectivity index (χ0n) is 16.1. The largest absolute Gasteiger partial charge is 0.459 e. The van der Waals surface area contributed by atoms with Gasteiger partial charge in [-0.2, -0.15) is 0 Å².